The van der Waals surface area contributed by atoms with E-state index in [1.165, 1.54) is 10.9 Å². The molecular weight excluding hydrogens is 266 g/mol. The van der Waals surface area contributed by atoms with E-state index in [2.05, 4.69) is 51.0 Å². The summed E-state index contributed by atoms with van der Waals surface area (Å²) in [6.07, 6.45) is 3.79. The quantitative estimate of drug-likeness (QED) is 0.690. The summed E-state index contributed by atoms with van der Waals surface area (Å²) >= 11 is 3.49. The van der Waals surface area contributed by atoms with Gasteiger partial charge < -0.3 is 8.98 Å². The fraction of sp³-hybridized carbons (Fsp3) is 0.0769. The fourth-order valence-electron chi connectivity index (χ4n) is 1.87. The molecule has 0 bridgehead atoms. The first-order valence-electron chi connectivity index (χ1n) is 5.10. The summed E-state index contributed by atoms with van der Waals surface area (Å²) in [6, 6.07) is 12.3. The molecule has 16 heavy (non-hydrogen) atoms. The number of fused-ring (bicyclic) bond motifs is 1. The predicted molar refractivity (Wildman–Crippen MR) is 67.4 cm³/mol. The number of hydrogen-bond donors (Lipinski definition) is 0. The highest BCUT2D eigenvalue weighted by Crippen LogP contribution is 2.21. The van der Waals surface area contributed by atoms with Gasteiger partial charge in [-0.25, -0.2) is 0 Å². The number of aromatic nitrogens is 1. The third-order valence-corrected chi connectivity index (χ3v) is 3.14. The molecule has 0 aliphatic carbocycles. The van der Waals surface area contributed by atoms with Crippen LogP contribution >= 0.6 is 15.9 Å². The number of furan rings is 1. The summed E-state index contributed by atoms with van der Waals surface area (Å²) in [5, 5.41) is 1.25. The smallest absolute Gasteiger partial charge is 0.123 e. The van der Waals surface area contributed by atoms with Crippen LogP contribution < -0.4 is 0 Å². The van der Waals surface area contributed by atoms with Crippen LogP contribution in [0.2, 0.25) is 0 Å². The van der Waals surface area contributed by atoms with Gasteiger partial charge in [-0.3, -0.25) is 0 Å². The molecule has 0 radical (unpaired) electrons. The lowest BCUT2D eigenvalue weighted by molar-refractivity contribution is 0.497. The minimum Gasteiger partial charge on any atom is -0.467 e. The molecule has 0 unspecified atom stereocenters. The van der Waals surface area contributed by atoms with Gasteiger partial charge in [-0.15, -0.1) is 0 Å². The molecule has 0 saturated heterocycles. The van der Waals surface area contributed by atoms with Gasteiger partial charge in [0.15, 0.2) is 0 Å². The Morgan fingerprint density at radius 1 is 1.19 bits per heavy atom. The van der Waals surface area contributed by atoms with E-state index in [-0.39, 0.29) is 0 Å². The summed E-state index contributed by atoms with van der Waals surface area (Å²) in [6.45, 7) is 0.771. The number of nitrogens with zero attached hydrogens (tertiary/aromatic N) is 1. The second-order valence-electron chi connectivity index (χ2n) is 3.73. The molecule has 80 valence electrons. The Hall–Kier alpha value is -1.48. The SMILES string of the molecule is Brc1ccc2ccn(Cc3ccco3)c2c1. The first kappa shape index (κ1) is 9.73. The zero-order valence-electron chi connectivity index (χ0n) is 8.56. The molecule has 0 aliphatic rings. The van der Waals surface area contributed by atoms with Crippen molar-refractivity contribution in [3.8, 4) is 0 Å². The minimum atomic E-state index is 0.771. The second kappa shape index (κ2) is 3.83. The van der Waals surface area contributed by atoms with Crippen molar-refractivity contribution < 1.29 is 4.42 Å². The van der Waals surface area contributed by atoms with Gasteiger partial charge in [-0.2, -0.15) is 0 Å². The van der Waals surface area contributed by atoms with Gasteiger partial charge in [0, 0.05) is 16.2 Å². The van der Waals surface area contributed by atoms with Crippen molar-refractivity contribution in [2.24, 2.45) is 0 Å². The highest BCUT2D eigenvalue weighted by Gasteiger charge is 2.03. The molecule has 2 heterocycles. The van der Waals surface area contributed by atoms with Crippen LogP contribution in [0.3, 0.4) is 0 Å². The zero-order valence-corrected chi connectivity index (χ0v) is 10.1. The summed E-state index contributed by atoms with van der Waals surface area (Å²) < 4.78 is 8.63. The van der Waals surface area contributed by atoms with Crippen molar-refractivity contribution in [2.75, 3.05) is 0 Å². The normalized spacial score (nSPS) is 11.1. The third kappa shape index (κ3) is 1.67. The maximum Gasteiger partial charge on any atom is 0.123 e. The Morgan fingerprint density at radius 3 is 2.94 bits per heavy atom. The Bertz CT molecular complexity index is 610. The lowest BCUT2D eigenvalue weighted by Crippen LogP contribution is -1.95. The van der Waals surface area contributed by atoms with Crippen LogP contribution in [0.4, 0.5) is 0 Å². The van der Waals surface area contributed by atoms with Crippen LogP contribution in [0.25, 0.3) is 10.9 Å². The van der Waals surface area contributed by atoms with E-state index >= 15 is 0 Å². The highest BCUT2D eigenvalue weighted by molar-refractivity contribution is 9.10. The Kier molecular flexibility index (Phi) is 2.33. The van der Waals surface area contributed by atoms with E-state index in [0.717, 1.165) is 16.8 Å². The monoisotopic (exact) mass is 275 g/mol. The summed E-state index contributed by atoms with van der Waals surface area (Å²) in [4.78, 5) is 0. The van der Waals surface area contributed by atoms with Gasteiger partial charge in [-0.05, 0) is 35.7 Å². The fourth-order valence-corrected chi connectivity index (χ4v) is 2.21. The maximum atomic E-state index is 5.35. The first-order chi connectivity index (χ1) is 7.83. The van der Waals surface area contributed by atoms with Crippen molar-refractivity contribution in [3.63, 3.8) is 0 Å². The van der Waals surface area contributed by atoms with E-state index in [9.17, 15) is 0 Å². The van der Waals surface area contributed by atoms with Crippen LogP contribution in [0.15, 0.2) is 57.7 Å². The standard InChI is InChI=1S/C13H10BrNO/c14-11-4-3-10-5-6-15(13(10)8-11)9-12-2-1-7-16-12/h1-8H,9H2. The third-order valence-electron chi connectivity index (χ3n) is 2.64. The van der Waals surface area contributed by atoms with Gasteiger partial charge in [0.25, 0.3) is 0 Å². The topological polar surface area (TPSA) is 18.1 Å². The van der Waals surface area contributed by atoms with E-state index < -0.39 is 0 Å². The van der Waals surface area contributed by atoms with Crippen molar-refractivity contribution in [1.82, 2.24) is 4.57 Å². The molecule has 3 aromatic rings. The second-order valence-corrected chi connectivity index (χ2v) is 4.64. The minimum absolute atomic E-state index is 0.771. The van der Waals surface area contributed by atoms with Gasteiger partial charge in [0.1, 0.15) is 5.76 Å². The highest BCUT2D eigenvalue weighted by atomic mass is 79.9. The Labute approximate surface area is 102 Å². The molecule has 0 aliphatic heterocycles. The molecule has 0 fully saturated rings. The summed E-state index contributed by atoms with van der Waals surface area (Å²) in [7, 11) is 0. The van der Waals surface area contributed by atoms with E-state index in [0.29, 0.717) is 0 Å². The van der Waals surface area contributed by atoms with Crippen LogP contribution in [-0.4, -0.2) is 4.57 Å². The number of rotatable bonds is 2. The molecular formula is C13H10BrNO. The molecule has 2 aromatic heterocycles. The molecule has 0 spiro atoms. The summed E-state index contributed by atoms with van der Waals surface area (Å²) in [5.74, 6) is 0.970. The molecule has 2 nitrogen and oxygen atoms in total. The van der Waals surface area contributed by atoms with Crippen molar-refractivity contribution >= 4 is 26.8 Å². The van der Waals surface area contributed by atoms with Crippen LogP contribution in [0.5, 0.6) is 0 Å². The van der Waals surface area contributed by atoms with Gasteiger partial charge >= 0.3 is 0 Å². The van der Waals surface area contributed by atoms with Gasteiger partial charge in [0.2, 0.25) is 0 Å². The van der Waals surface area contributed by atoms with Crippen molar-refractivity contribution in [2.45, 2.75) is 6.54 Å². The van der Waals surface area contributed by atoms with Crippen molar-refractivity contribution in [1.29, 1.82) is 0 Å². The number of hydrogen-bond acceptors (Lipinski definition) is 1. The lowest BCUT2D eigenvalue weighted by atomic mass is 10.2. The average molecular weight is 276 g/mol. The van der Waals surface area contributed by atoms with E-state index in [1.54, 1.807) is 6.26 Å². The van der Waals surface area contributed by atoms with Gasteiger partial charge in [-0.1, -0.05) is 22.0 Å². The number of benzene rings is 1. The van der Waals surface area contributed by atoms with E-state index in [1.807, 2.05) is 12.1 Å². The van der Waals surface area contributed by atoms with Crippen LogP contribution in [-0.2, 0) is 6.54 Å². The Morgan fingerprint density at radius 2 is 2.12 bits per heavy atom. The first-order valence-corrected chi connectivity index (χ1v) is 5.89. The predicted octanol–water partition coefficient (Wildman–Crippen LogP) is 4.05. The molecule has 0 saturated carbocycles. The molecule has 3 heteroatoms. The van der Waals surface area contributed by atoms with Crippen molar-refractivity contribution in [3.05, 3.63) is 59.1 Å². The van der Waals surface area contributed by atoms with Crippen LogP contribution in [0.1, 0.15) is 5.76 Å². The molecule has 1 aromatic carbocycles. The zero-order chi connectivity index (χ0) is 11.0. The molecule has 0 N–H and O–H groups in total. The lowest BCUT2D eigenvalue weighted by Gasteiger charge is -2.03. The molecule has 3 rings (SSSR count). The molecule has 0 atom stereocenters. The largest absolute Gasteiger partial charge is 0.467 e. The molecule has 0 amide bonds. The Balaban J connectivity index is 2.07. The average Bonchev–Trinajstić information content (AvgIpc) is 2.90. The number of halogens is 1. The maximum absolute atomic E-state index is 5.35. The summed E-state index contributed by atoms with van der Waals surface area (Å²) in [5.41, 5.74) is 1.21. The van der Waals surface area contributed by atoms with Gasteiger partial charge in [0.05, 0.1) is 12.8 Å². The van der Waals surface area contributed by atoms with Crippen LogP contribution in [0, 0.1) is 0 Å². The van der Waals surface area contributed by atoms with E-state index in [4.69, 9.17) is 4.42 Å².